The van der Waals surface area contributed by atoms with E-state index < -0.39 is 25.3 Å². The Hall–Kier alpha value is -0.340. The molecule has 0 rings (SSSR count). The Balaban J connectivity index is 3.82. The minimum absolute atomic E-state index is 0.0657. The fourth-order valence-electron chi connectivity index (χ4n) is 0.997. The summed E-state index contributed by atoms with van der Waals surface area (Å²) in [5.41, 5.74) is 0. The molecule has 0 aliphatic heterocycles. The molecule has 0 aliphatic carbocycles. The number of ether oxygens (including phenoxy) is 2. The first-order valence-electron chi connectivity index (χ1n) is 4.77. The number of likely N-dealkylation sites (N-methyl/N-ethyl adjacent to an activating group) is 1. The summed E-state index contributed by atoms with van der Waals surface area (Å²) >= 11 is 3.27. The molecule has 0 aromatic rings. The molecule has 0 saturated heterocycles. The minimum atomic E-state index is -4.41. The molecule has 1 atom stereocenters. The minimum Gasteiger partial charge on any atom is -0.383 e. The highest BCUT2D eigenvalue weighted by molar-refractivity contribution is 9.09. The van der Waals surface area contributed by atoms with Gasteiger partial charge >= 0.3 is 6.18 Å². The number of hydrogen-bond donors (Lipinski definition) is 0. The van der Waals surface area contributed by atoms with Gasteiger partial charge in [0.05, 0.1) is 11.4 Å². The number of carbonyl (C=O) groups excluding carboxylic acids is 1. The van der Waals surface area contributed by atoms with E-state index in [2.05, 4.69) is 20.7 Å². The number of rotatable bonds is 7. The van der Waals surface area contributed by atoms with Gasteiger partial charge < -0.3 is 14.4 Å². The molecule has 0 aromatic carbocycles. The van der Waals surface area contributed by atoms with Crippen LogP contribution < -0.4 is 0 Å². The zero-order valence-electron chi connectivity index (χ0n) is 9.59. The molecule has 17 heavy (non-hydrogen) atoms. The maximum atomic E-state index is 11.7. The Bertz CT molecular complexity index is 238. The van der Waals surface area contributed by atoms with Crippen molar-refractivity contribution in [2.45, 2.75) is 11.0 Å². The molecule has 0 bridgehead atoms. The molecule has 1 unspecified atom stereocenters. The fraction of sp³-hybridized carbons (Fsp3) is 0.889. The summed E-state index contributed by atoms with van der Waals surface area (Å²) < 4.78 is 44.3. The molecule has 0 radical (unpaired) electrons. The second-order valence-electron chi connectivity index (χ2n) is 3.43. The largest absolute Gasteiger partial charge is 0.411 e. The molecule has 0 fully saturated rings. The lowest BCUT2D eigenvalue weighted by molar-refractivity contribution is -0.177. The Labute approximate surface area is 106 Å². The van der Waals surface area contributed by atoms with Crippen molar-refractivity contribution in [3.8, 4) is 0 Å². The van der Waals surface area contributed by atoms with Crippen molar-refractivity contribution in [2.75, 3.05) is 40.5 Å². The normalized spacial score (nSPS) is 13.5. The molecule has 0 heterocycles. The van der Waals surface area contributed by atoms with Gasteiger partial charge in [0.15, 0.2) is 0 Å². The third-order valence-corrected chi connectivity index (χ3v) is 2.29. The van der Waals surface area contributed by atoms with E-state index in [9.17, 15) is 18.0 Å². The standard InChI is InChI=1S/C9H15BrF3NO3/c1-14(3-7(10)4-16-2)8(15)5-17-6-9(11,12)13/h7H,3-6H2,1-2H3. The maximum absolute atomic E-state index is 11.7. The lowest BCUT2D eigenvalue weighted by Crippen LogP contribution is -2.36. The highest BCUT2D eigenvalue weighted by Gasteiger charge is 2.28. The van der Waals surface area contributed by atoms with Crippen LogP contribution in [0.2, 0.25) is 0 Å². The predicted octanol–water partition coefficient (Wildman–Crippen LogP) is 1.43. The number of alkyl halides is 4. The fourth-order valence-corrected chi connectivity index (χ4v) is 1.70. The number of halogens is 4. The van der Waals surface area contributed by atoms with Crippen LogP contribution in [0, 0.1) is 0 Å². The smallest absolute Gasteiger partial charge is 0.383 e. The lowest BCUT2D eigenvalue weighted by Gasteiger charge is -2.20. The summed E-state index contributed by atoms with van der Waals surface area (Å²) in [6, 6.07) is 0. The summed E-state index contributed by atoms with van der Waals surface area (Å²) in [7, 11) is 3.01. The van der Waals surface area contributed by atoms with Crippen LogP contribution in [0.25, 0.3) is 0 Å². The third kappa shape index (κ3) is 9.37. The average molecular weight is 322 g/mol. The molecule has 4 nitrogen and oxygen atoms in total. The zero-order chi connectivity index (χ0) is 13.5. The summed E-state index contributed by atoms with van der Waals surface area (Å²) in [6.07, 6.45) is -4.41. The molecular weight excluding hydrogens is 307 g/mol. The summed E-state index contributed by atoms with van der Waals surface area (Å²) in [5.74, 6) is -0.505. The van der Waals surface area contributed by atoms with Gasteiger partial charge in [-0.1, -0.05) is 15.9 Å². The quantitative estimate of drug-likeness (QED) is 0.666. The van der Waals surface area contributed by atoms with Crippen LogP contribution in [0.1, 0.15) is 0 Å². The maximum Gasteiger partial charge on any atom is 0.411 e. The summed E-state index contributed by atoms with van der Waals surface area (Å²) in [5, 5.41) is 0. The lowest BCUT2D eigenvalue weighted by atomic mass is 10.4. The van der Waals surface area contributed by atoms with Crippen molar-refractivity contribution in [1.82, 2.24) is 4.90 Å². The van der Waals surface area contributed by atoms with Crippen molar-refractivity contribution in [3.05, 3.63) is 0 Å². The van der Waals surface area contributed by atoms with Gasteiger partial charge in [-0.05, 0) is 0 Å². The summed E-state index contributed by atoms with van der Waals surface area (Å²) in [4.78, 5) is 12.6. The first-order valence-corrected chi connectivity index (χ1v) is 5.69. The Morgan fingerprint density at radius 2 is 2.06 bits per heavy atom. The molecule has 1 amide bonds. The number of carbonyl (C=O) groups is 1. The van der Waals surface area contributed by atoms with Crippen LogP contribution in [0.15, 0.2) is 0 Å². The number of nitrogens with zero attached hydrogens (tertiary/aromatic N) is 1. The van der Waals surface area contributed by atoms with Crippen molar-refractivity contribution in [3.63, 3.8) is 0 Å². The Morgan fingerprint density at radius 1 is 1.47 bits per heavy atom. The second-order valence-corrected chi connectivity index (χ2v) is 4.73. The predicted molar refractivity (Wildman–Crippen MR) is 59.1 cm³/mol. The van der Waals surface area contributed by atoms with Crippen LogP contribution in [-0.2, 0) is 14.3 Å². The molecule has 0 spiro atoms. The van der Waals surface area contributed by atoms with Crippen LogP contribution in [-0.4, -0.2) is 62.3 Å². The molecule has 0 aliphatic rings. The second kappa shape index (κ2) is 7.88. The van der Waals surface area contributed by atoms with Gasteiger partial charge in [0, 0.05) is 20.7 Å². The van der Waals surface area contributed by atoms with E-state index in [1.807, 2.05) is 0 Å². The van der Waals surface area contributed by atoms with E-state index in [1.165, 1.54) is 19.1 Å². The topological polar surface area (TPSA) is 38.8 Å². The van der Waals surface area contributed by atoms with Gasteiger partial charge in [-0.15, -0.1) is 0 Å². The molecule has 8 heteroatoms. The van der Waals surface area contributed by atoms with Crippen molar-refractivity contribution < 1.29 is 27.4 Å². The van der Waals surface area contributed by atoms with Crippen LogP contribution >= 0.6 is 15.9 Å². The molecule has 102 valence electrons. The molecular formula is C9H15BrF3NO3. The van der Waals surface area contributed by atoms with Gasteiger partial charge in [0.25, 0.3) is 0 Å². The molecule has 0 saturated carbocycles. The summed E-state index contributed by atoms with van der Waals surface area (Å²) in [6.45, 7) is -1.26. The Kier molecular flexibility index (Phi) is 7.73. The van der Waals surface area contributed by atoms with E-state index in [1.54, 1.807) is 0 Å². The van der Waals surface area contributed by atoms with E-state index in [4.69, 9.17) is 4.74 Å². The third-order valence-electron chi connectivity index (χ3n) is 1.74. The number of hydrogen-bond acceptors (Lipinski definition) is 3. The highest BCUT2D eigenvalue weighted by atomic mass is 79.9. The van der Waals surface area contributed by atoms with E-state index in [0.717, 1.165) is 0 Å². The number of amides is 1. The van der Waals surface area contributed by atoms with Crippen molar-refractivity contribution in [2.24, 2.45) is 0 Å². The average Bonchev–Trinajstić information content (AvgIpc) is 2.15. The monoisotopic (exact) mass is 321 g/mol. The van der Waals surface area contributed by atoms with Crippen molar-refractivity contribution >= 4 is 21.8 Å². The molecule has 0 aromatic heterocycles. The van der Waals surface area contributed by atoms with Gasteiger partial charge in [-0.3, -0.25) is 4.79 Å². The van der Waals surface area contributed by atoms with Gasteiger partial charge in [-0.2, -0.15) is 13.2 Å². The van der Waals surface area contributed by atoms with Crippen LogP contribution in [0.4, 0.5) is 13.2 Å². The van der Waals surface area contributed by atoms with Gasteiger partial charge in [0.1, 0.15) is 13.2 Å². The highest BCUT2D eigenvalue weighted by Crippen LogP contribution is 2.14. The van der Waals surface area contributed by atoms with Gasteiger partial charge in [0.2, 0.25) is 5.91 Å². The van der Waals surface area contributed by atoms with Crippen LogP contribution in [0.3, 0.4) is 0 Å². The number of methoxy groups -OCH3 is 1. The van der Waals surface area contributed by atoms with Crippen LogP contribution in [0.5, 0.6) is 0 Å². The van der Waals surface area contributed by atoms with Gasteiger partial charge in [-0.25, -0.2) is 0 Å². The molecule has 0 N–H and O–H groups in total. The first-order chi connectivity index (χ1) is 7.76. The van der Waals surface area contributed by atoms with E-state index in [-0.39, 0.29) is 4.83 Å². The zero-order valence-corrected chi connectivity index (χ0v) is 11.2. The van der Waals surface area contributed by atoms with E-state index in [0.29, 0.717) is 13.2 Å². The Morgan fingerprint density at radius 3 is 2.53 bits per heavy atom. The van der Waals surface area contributed by atoms with Crippen molar-refractivity contribution in [1.29, 1.82) is 0 Å². The SMILES string of the molecule is COCC(Br)CN(C)C(=O)COCC(F)(F)F. The van der Waals surface area contributed by atoms with E-state index >= 15 is 0 Å². The first kappa shape index (κ1) is 16.7.